The third-order valence-corrected chi connectivity index (χ3v) is 4.91. The molecule has 0 fully saturated rings. The van der Waals surface area contributed by atoms with Gasteiger partial charge in [-0.05, 0) is 54.6 Å². The Labute approximate surface area is 168 Å². The lowest BCUT2D eigenvalue weighted by Crippen LogP contribution is -2.24. The number of hydrazone groups is 1. The number of halogens is 1. The van der Waals surface area contributed by atoms with Crippen molar-refractivity contribution >= 4 is 34.5 Å². The van der Waals surface area contributed by atoms with Crippen molar-refractivity contribution in [2.75, 3.05) is 13.7 Å². The molecule has 1 N–H and O–H groups in total. The van der Waals surface area contributed by atoms with Crippen LogP contribution >= 0.6 is 11.6 Å². The third-order valence-electron chi connectivity index (χ3n) is 4.31. The van der Waals surface area contributed by atoms with E-state index in [9.17, 15) is 4.79 Å². The van der Waals surface area contributed by atoms with Crippen LogP contribution in [-0.2, 0) is 4.79 Å². The van der Waals surface area contributed by atoms with Crippen molar-refractivity contribution in [1.82, 2.24) is 5.43 Å². The van der Waals surface area contributed by atoms with Gasteiger partial charge in [-0.25, -0.2) is 5.43 Å². The second-order valence-corrected chi connectivity index (χ2v) is 6.73. The molecule has 0 heterocycles. The molecular formula is C22H21ClN2O3. The van der Waals surface area contributed by atoms with Crippen molar-refractivity contribution in [3.63, 3.8) is 0 Å². The first-order valence-electron chi connectivity index (χ1n) is 8.77. The highest BCUT2D eigenvalue weighted by molar-refractivity contribution is 6.32. The van der Waals surface area contributed by atoms with Crippen molar-refractivity contribution in [1.29, 1.82) is 0 Å². The maximum atomic E-state index is 12.0. The van der Waals surface area contributed by atoms with Crippen LogP contribution in [0.4, 0.5) is 0 Å². The lowest BCUT2D eigenvalue weighted by Gasteiger charge is -2.09. The minimum atomic E-state index is -0.348. The van der Waals surface area contributed by atoms with E-state index in [1.165, 1.54) is 0 Å². The number of nitrogens with zero attached hydrogens (tertiary/aromatic N) is 1. The second-order valence-electron chi connectivity index (χ2n) is 6.36. The largest absolute Gasteiger partial charge is 0.496 e. The molecule has 0 aliphatic rings. The molecule has 144 valence electrons. The fourth-order valence-corrected chi connectivity index (χ4v) is 3.04. The van der Waals surface area contributed by atoms with Gasteiger partial charge in [-0.15, -0.1) is 0 Å². The van der Waals surface area contributed by atoms with E-state index in [0.717, 1.165) is 33.2 Å². The molecule has 0 atom stereocenters. The number of carbonyl (C=O) groups is 1. The molecule has 3 aromatic carbocycles. The number of hydrogen-bond acceptors (Lipinski definition) is 4. The van der Waals surface area contributed by atoms with E-state index in [4.69, 9.17) is 21.1 Å². The standard InChI is InChI=1S/C22H21ClN2O3/c1-14-10-17(11-15(2)22(14)23)28-13-21(26)25-24-12-16-8-9-20(27-3)19-7-5-4-6-18(16)19/h4-12H,13H2,1-3H3,(H,25,26). The Morgan fingerprint density at radius 3 is 2.46 bits per heavy atom. The van der Waals surface area contributed by atoms with Gasteiger partial charge in [0.25, 0.3) is 5.91 Å². The van der Waals surface area contributed by atoms with Crippen molar-refractivity contribution in [2.45, 2.75) is 13.8 Å². The molecule has 0 saturated carbocycles. The highest BCUT2D eigenvalue weighted by atomic mass is 35.5. The molecule has 28 heavy (non-hydrogen) atoms. The number of aryl methyl sites for hydroxylation is 2. The summed E-state index contributed by atoms with van der Waals surface area (Å²) < 4.78 is 10.9. The van der Waals surface area contributed by atoms with E-state index in [1.807, 2.05) is 50.2 Å². The van der Waals surface area contributed by atoms with Gasteiger partial charge in [0.05, 0.1) is 13.3 Å². The van der Waals surface area contributed by atoms with Crippen molar-refractivity contribution in [2.24, 2.45) is 5.10 Å². The molecule has 0 radical (unpaired) electrons. The van der Waals surface area contributed by atoms with E-state index < -0.39 is 0 Å². The van der Waals surface area contributed by atoms with E-state index >= 15 is 0 Å². The van der Waals surface area contributed by atoms with E-state index in [0.29, 0.717) is 10.8 Å². The quantitative estimate of drug-likeness (QED) is 0.487. The van der Waals surface area contributed by atoms with Crippen LogP contribution in [0.1, 0.15) is 16.7 Å². The highest BCUT2D eigenvalue weighted by Gasteiger charge is 2.07. The summed E-state index contributed by atoms with van der Waals surface area (Å²) in [6, 6.07) is 15.2. The molecule has 3 aromatic rings. The molecule has 5 nitrogen and oxygen atoms in total. The van der Waals surface area contributed by atoms with Crippen LogP contribution in [0.15, 0.2) is 53.6 Å². The highest BCUT2D eigenvalue weighted by Crippen LogP contribution is 2.27. The lowest BCUT2D eigenvalue weighted by molar-refractivity contribution is -0.123. The molecule has 0 spiro atoms. The van der Waals surface area contributed by atoms with Gasteiger partial charge in [-0.2, -0.15) is 5.10 Å². The zero-order valence-corrected chi connectivity index (χ0v) is 16.7. The minimum Gasteiger partial charge on any atom is -0.496 e. The Morgan fingerprint density at radius 2 is 1.79 bits per heavy atom. The number of amides is 1. The van der Waals surface area contributed by atoms with Crippen LogP contribution in [0.5, 0.6) is 11.5 Å². The lowest BCUT2D eigenvalue weighted by atomic mass is 10.0. The van der Waals surface area contributed by atoms with Crippen molar-refractivity contribution in [3.8, 4) is 11.5 Å². The van der Waals surface area contributed by atoms with Gasteiger partial charge >= 0.3 is 0 Å². The maximum Gasteiger partial charge on any atom is 0.277 e. The first kappa shape index (κ1) is 19.7. The van der Waals surface area contributed by atoms with Gasteiger partial charge in [0.2, 0.25) is 0 Å². The summed E-state index contributed by atoms with van der Waals surface area (Å²) in [5, 5.41) is 6.72. The first-order valence-corrected chi connectivity index (χ1v) is 9.14. The smallest absolute Gasteiger partial charge is 0.277 e. The molecule has 0 aliphatic carbocycles. The molecule has 0 bridgehead atoms. The monoisotopic (exact) mass is 396 g/mol. The van der Waals surface area contributed by atoms with E-state index in [-0.39, 0.29) is 12.5 Å². The number of carbonyl (C=O) groups excluding carboxylic acids is 1. The zero-order valence-electron chi connectivity index (χ0n) is 16.0. The Kier molecular flexibility index (Phi) is 6.16. The summed E-state index contributed by atoms with van der Waals surface area (Å²) in [5.41, 5.74) is 5.17. The molecular weight excluding hydrogens is 376 g/mol. The molecule has 0 unspecified atom stereocenters. The van der Waals surface area contributed by atoms with Gasteiger partial charge in [0.1, 0.15) is 11.5 Å². The predicted molar refractivity (Wildman–Crippen MR) is 113 cm³/mol. The summed E-state index contributed by atoms with van der Waals surface area (Å²) in [5.74, 6) is 1.04. The number of nitrogens with one attached hydrogen (secondary N) is 1. The summed E-state index contributed by atoms with van der Waals surface area (Å²) in [6.45, 7) is 3.65. The summed E-state index contributed by atoms with van der Waals surface area (Å²) >= 11 is 6.14. The SMILES string of the molecule is COc1ccc(C=NNC(=O)COc2cc(C)c(Cl)c(C)c2)c2ccccc12. The number of fused-ring (bicyclic) bond motifs is 1. The van der Waals surface area contributed by atoms with Gasteiger partial charge in [-0.3, -0.25) is 4.79 Å². The van der Waals surface area contributed by atoms with Crippen LogP contribution in [0.2, 0.25) is 5.02 Å². The molecule has 0 saturated heterocycles. The first-order chi connectivity index (χ1) is 13.5. The van der Waals surface area contributed by atoms with Crippen LogP contribution in [0.3, 0.4) is 0 Å². The zero-order chi connectivity index (χ0) is 20.1. The van der Waals surface area contributed by atoms with Crippen molar-refractivity contribution in [3.05, 3.63) is 70.2 Å². The van der Waals surface area contributed by atoms with Crippen LogP contribution in [0, 0.1) is 13.8 Å². The number of ether oxygens (including phenoxy) is 2. The van der Waals surface area contributed by atoms with E-state index in [2.05, 4.69) is 10.5 Å². The third kappa shape index (κ3) is 4.43. The Bertz CT molecular complexity index is 1020. The average Bonchev–Trinajstić information content (AvgIpc) is 2.70. The average molecular weight is 397 g/mol. The Hall–Kier alpha value is -3.05. The number of hydrogen-bond donors (Lipinski definition) is 1. The molecule has 0 aliphatic heterocycles. The van der Waals surface area contributed by atoms with Crippen LogP contribution in [-0.4, -0.2) is 25.8 Å². The van der Waals surface area contributed by atoms with Gasteiger partial charge in [0.15, 0.2) is 6.61 Å². The molecule has 0 aromatic heterocycles. The van der Waals surface area contributed by atoms with Gasteiger partial charge < -0.3 is 9.47 Å². The Morgan fingerprint density at radius 1 is 1.11 bits per heavy atom. The second kappa shape index (κ2) is 8.76. The van der Waals surface area contributed by atoms with Gasteiger partial charge in [-0.1, -0.05) is 35.9 Å². The predicted octanol–water partition coefficient (Wildman–Crippen LogP) is 4.65. The normalized spacial score (nSPS) is 11.0. The molecule has 1 amide bonds. The fourth-order valence-electron chi connectivity index (χ4n) is 2.93. The van der Waals surface area contributed by atoms with Crippen LogP contribution in [0.25, 0.3) is 10.8 Å². The fraction of sp³-hybridized carbons (Fsp3) is 0.182. The summed E-state index contributed by atoms with van der Waals surface area (Å²) in [7, 11) is 1.64. The summed E-state index contributed by atoms with van der Waals surface area (Å²) in [4.78, 5) is 12.0. The van der Waals surface area contributed by atoms with E-state index in [1.54, 1.807) is 25.5 Å². The van der Waals surface area contributed by atoms with Crippen molar-refractivity contribution < 1.29 is 14.3 Å². The minimum absolute atomic E-state index is 0.138. The number of rotatable bonds is 6. The van der Waals surface area contributed by atoms with Crippen LogP contribution < -0.4 is 14.9 Å². The molecule has 6 heteroatoms. The number of methoxy groups -OCH3 is 1. The van der Waals surface area contributed by atoms with Gasteiger partial charge in [0, 0.05) is 16.0 Å². The topological polar surface area (TPSA) is 59.9 Å². The molecule has 3 rings (SSSR count). The number of benzene rings is 3. The maximum absolute atomic E-state index is 12.0. The Balaban J connectivity index is 1.64. The summed E-state index contributed by atoms with van der Waals surface area (Å²) in [6.07, 6.45) is 1.61.